The van der Waals surface area contributed by atoms with Crippen LogP contribution in [0.3, 0.4) is 0 Å². The number of pyridine rings is 2. The van der Waals surface area contributed by atoms with Gasteiger partial charge in [-0.05, 0) is 38.1 Å². The van der Waals surface area contributed by atoms with Gasteiger partial charge in [-0.25, -0.2) is 9.97 Å². The predicted molar refractivity (Wildman–Crippen MR) is 119 cm³/mol. The van der Waals surface area contributed by atoms with Gasteiger partial charge < -0.3 is 9.88 Å². The first-order valence-electron chi connectivity index (χ1n) is 9.34. The molecule has 0 aromatic carbocycles. The lowest BCUT2D eigenvalue weighted by Gasteiger charge is -2.07. The summed E-state index contributed by atoms with van der Waals surface area (Å²) in [4.78, 5) is 33.7. The van der Waals surface area contributed by atoms with E-state index in [1.165, 1.54) is 6.20 Å². The van der Waals surface area contributed by atoms with Crippen molar-refractivity contribution in [2.24, 2.45) is 9.98 Å². The van der Waals surface area contributed by atoms with Crippen molar-refractivity contribution in [1.29, 1.82) is 0 Å². The lowest BCUT2D eigenvalue weighted by atomic mass is 10.2. The Morgan fingerprint density at radius 1 is 1.27 bits per heavy atom. The molecule has 152 valence electrons. The number of imidazole rings is 1. The Hall–Kier alpha value is -3.94. The molecular formula is C22H23N7O. The highest BCUT2D eigenvalue weighted by Crippen LogP contribution is 2.19. The molecule has 0 spiro atoms. The lowest BCUT2D eigenvalue weighted by Crippen LogP contribution is -2.19. The smallest absolute Gasteiger partial charge is 0.245 e. The van der Waals surface area contributed by atoms with Gasteiger partial charge in [0, 0.05) is 54.9 Å². The summed E-state index contributed by atoms with van der Waals surface area (Å²) in [6, 6.07) is 7.41. The monoisotopic (exact) mass is 401 g/mol. The van der Waals surface area contributed by atoms with E-state index in [2.05, 4.69) is 36.8 Å². The van der Waals surface area contributed by atoms with Gasteiger partial charge in [0.1, 0.15) is 18.2 Å². The molecule has 1 N–H and O–H groups in total. The molecular weight excluding hydrogens is 378 g/mol. The minimum atomic E-state index is -0.191. The molecule has 3 aromatic rings. The molecule has 3 aromatic heterocycles. The second-order valence-electron chi connectivity index (χ2n) is 6.55. The molecule has 0 saturated carbocycles. The molecule has 0 fully saturated rings. The summed E-state index contributed by atoms with van der Waals surface area (Å²) in [7, 11) is 1.67. The summed E-state index contributed by atoms with van der Waals surface area (Å²) in [6.45, 7) is 7.54. The van der Waals surface area contributed by atoms with E-state index < -0.39 is 0 Å². The first-order valence-corrected chi connectivity index (χ1v) is 9.34. The highest BCUT2D eigenvalue weighted by Gasteiger charge is 2.11. The zero-order valence-electron chi connectivity index (χ0n) is 17.2. The van der Waals surface area contributed by atoms with E-state index >= 15 is 0 Å². The Bertz CT molecular complexity index is 1110. The Labute approximate surface area is 175 Å². The molecule has 0 aliphatic heterocycles. The van der Waals surface area contributed by atoms with Gasteiger partial charge in [-0.2, -0.15) is 0 Å². The van der Waals surface area contributed by atoms with E-state index in [-0.39, 0.29) is 12.5 Å². The molecule has 3 heterocycles. The first kappa shape index (κ1) is 20.8. The first-order chi connectivity index (χ1) is 14.5. The van der Waals surface area contributed by atoms with E-state index in [0.29, 0.717) is 11.5 Å². The third kappa shape index (κ3) is 5.11. The summed E-state index contributed by atoms with van der Waals surface area (Å²) in [6.07, 6.45) is 8.31. The molecule has 0 aliphatic rings. The number of nitrogens with zero attached hydrogens (tertiary/aromatic N) is 6. The number of aliphatic imine (C=N–C) groups is 2. The maximum absolute atomic E-state index is 12.5. The van der Waals surface area contributed by atoms with Crippen molar-refractivity contribution in [2.45, 2.75) is 20.4 Å². The molecule has 0 atom stereocenters. The number of aryl methyl sites for hydroxylation is 2. The summed E-state index contributed by atoms with van der Waals surface area (Å²) in [5.41, 5.74) is 4.11. The fraction of sp³-hybridized carbons (Fsp3) is 0.182. The normalized spacial score (nSPS) is 11.6. The topological polar surface area (TPSA) is 97.4 Å². The van der Waals surface area contributed by atoms with Crippen molar-refractivity contribution in [1.82, 2.24) is 19.5 Å². The van der Waals surface area contributed by atoms with Crippen LogP contribution in [0, 0.1) is 13.8 Å². The molecule has 8 nitrogen and oxygen atoms in total. The van der Waals surface area contributed by atoms with E-state index in [0.717, 1.165) is 28.3 Å². The maximum Gasteiger partial charge on any atom is 0.245 e. The van der Waals surface area contributed by atoms with Crippen molar-refractivity contribution < 1.29 is 4.79 Å². The van der Waals surface area contributed by atoms with Gasteiger partial charge in [-0.1, -0.05) is 6.58 Å². The third-order valence-electron chi connectivity index (χ3n) is 4.29. The predicted octanol–water partition coefficient (Wildman–Crippen LogP) is 3.23. The molecule has 0 radical (unpaired) electrons. The van der Waals surface area contributed by atoms with Crippen LogP contribution in [0.15, 0.2) is 65.6 Å². The number of aromatic nitrogens is 4. The summed E-state index contributed by atoms with van der Waals surface area (Å²) >= 11 is 0. The molecule has 30 heavy (non-hydrogen) atoms. The van der Waals surface area contributed by atoms with Crippen LogP contribution in [0.2, 0.25) is 0 Å². The highest BCUT2D eigenvalue weighted by atomic mass is 16.2. The molecule has 0 saturated heterocycles. The van der Waals surface area contributed by atoms with Gasteiger partial charge in [0.25, 0.3) is 0 Å². The fourth-order valence-electron chi connectivity index (χ4n) is 2.87. The molecule has 0 aliphatic carbocycles. The number of carbonyl (C=O) groups excluding carboxylic acids is 1. The SMILES string of the molecule is C=CN=C(C=NC)c1ccc(NC(=O)Cn2cc(-c3ccnc(C)c3)nc2C)nc1. The van der Waals surface area contributed by atoms with Crippen LogP contribution in [0.1, 0.15) is 17.1 Å². The zero-order chi connectivity index (χ0) is 21.5. The van der Waals surface area contributed by atoms with Crippen molar-refractivity contribution in [2.75, 3.05) is 12.4 Å². The van der Waals surface area contributed by atoms with Gasteiger partial charge in [0.15, 0.2) is 0 Å². The van der Waals surface area contributed by atoms with Crippen LogP contribution in [0.5, 0.6) is 0 Å². The quantitative estimate of drug-likeness (QED) is 0.615. The second-order valence-corrected chi connectivity index (χ2v) is 6.55. The Balaban J connectivity index is 1.69. The number of carbonyl (C=O) groups is 1. The van der Waals surface area contributed by atoms with Gasteiger partial charge in [0.2, 0.25) is 5.91 Å². The maximum atomic E-state index is 12.5. The standard InChI is InChI=1S/C22H23N7O/c1-5-24-19(12-23-4)18-6-7-21(26-11-18)28-22(30)14-29-13-20(27-16(29)3)17-8-9-25-15(2)10-17/h5-13H,1,14H2,2-4H3,(H,26,28,30). The van der Waals surface area contributed by atoms with Gasteiger partial charge >= 0.3 is 0 Å². The highest BCUT2D eigenvalue weighted by molar-refractivity contribution is 6.38. The third-order valence-corrected chi connectivity index (χ3v) is 4.29. The van der Waals surface area contributed by atoms with Crippen molar-refractivity contribution in [3.63, 3.8) is 0 Å². The van der Waals surface area contributed by atoms with Gasteiger partial charge in [-0.15, -0.1) is 0 Å². The van der Waals surface area contributed by atoms with Crippen LogP contribution in [0.25, 0.3) is 11.3 Å². The Kier molecular flexibility index (Phi) is 6.59. The minimum Gasteiger partial charge on any atom is -0.325 e. The second kappa shape index (κ2) is 9.51. The lowest BCUT2D eigenvalue weighted by molar-refractivity contribution is -0.116. The minimum absolute atomic E-state index is 0.137. The van der Waals surface area contributed by atoms with Crippen molar-refractivity contribution in [3.05, 3.63) is 72.7 Å². The summed E-state index contributed by atoms with van der Waals surface area (Å²) < 4.78 is 1.81. The van der Waals surface area contributed by atoms with E-state index in [1.807, 2.05) is 38.2 Å². The van der Waals surface area contributed by atoms with E-state index in [9.17, 15) is 4.79 Å². The van der Waals surface area contributed by atoms with Gasteiger partial charge in [-0.3, -0.25) is 19.8 Å². The number of nitrogens with one attached hydrogen (secondary N) is 1. The molecule has 1 amide bonds. The summed E-state index contributed by atoms with van der Waals surface area (Å²) in [5, 5.41) is 2.80. The van der Waals surface area contributed by atoms with Crippen LogP contribution in [-0.2, 0) is 11.3 Å². The number of hydrogen-bond acceptors (Lipinski definition) is 6. The largest absolute Gasteiger partial charge is 0.325 e. The van der Waals surface area contributed by atoms with Crippen molar-refractivity contribution in [3.8, 4) is 11.3 Å². The number of anilines is 1. The summed E-state index contributed by atoms with van der Waals surface area (Å²) in [5.74, 6) is 1.02. The molecule has 8 heteroatoms. The number of rotatable bonds is 7. The average Bonchev–Trinajstić information content (AvgIpc) is 3.09. The Morgan fingerprint density at radius 2 is 2.10 bits per heavy atom. The van der Waals surface area contributed by atoms with Crippen molar-refractivity contribution >= 4 is 23.7 Å². The molecule has 0 unspecified atom stereocenters. The zero-order valence-corrected chi connectivity index (χ0v) is 17.2. The molecule has 3 rings (SSSR count). The number of hydrogen-bond donors (Lipinski definition) is 1. The van der Waals surface area contributed by atoms with Gasteiger partial charge in [0.05, 0.1) is 11.4 Å². The van der Waals surface area contributed by atoms with Crippen LogP contribution in [-0.4, -0.2) is 44.4 Å². The van der Waals surface area contributed by atoms with Crippen LogP contribution in [0.4, 0.5) is 5.82 Å². The average molecular weight is 401 g/mol. The van der Waals surface area contributed by atoms with E-state index in [4.69, 9.17) is 0 Å². The molecule has 0 bridgehead atoms. The van der Waals surface area contributed by atoms with Crippen LogP contribution < -0.4 is 5.32 Å². The fourth-order valence-corrected chi connectivity index (χ4v) is 2.87. The Morgan fingerprint density at radius 3 is 2.77 bits per heavy atom. The number of amides is 1. The van der Waals surface area contributed by atoms with E-state index in [1.54, 1.807) is 36.3 Å². The van der Waals surface area contributed by atoms with Crippen LogP contribution >= 0.6 is 0 Å².